The summed E-state index contributed by atoms with van der Waals surface area (Å²) in [6, 6.07) is 9.52. The standard InChI is InChI=1S/C23H31ClN4O3/c1-16-19(20(24)28(25-16)18-11-7-6-8-12-18)21(29)27-13-9-10-17(15-27)14-26(5)22(30)31-23(2,3)4/h6-8,11-12,17H,9-10,13-15H2,1-5H3. The largest absolute Gasteiger partial charge is 0.444 e. The van der Waals surface area contributed by atoms with Crippen LogP contribution in [-0.4, -0.2) is 63.9 Å². The summed E-state index contributed by atoms with van der Waals surface area (Å²) in [6.45, 7) is 9.12. The molecule has 0 N–H and O–H groups in total. The zero-order valence-corrected chi connectivity index (χ0v) is 19.6. The van der Waals surface area contributed by atoms with Crippen LogP contribution in [-0.2, 0) is 4.74 Å². The summed E-state index contributed by atoms with van der Waals surface area (Å²) in [5, 5.41) is 4.81. The van der Waals surface area contributed by atoms with Crippen LogP contribution in [0.15, 0.2) is 30.3 Å². The molecule has 8 heteroatoms. The van der Waals surface area contributed by atoms with Crippen molar-refractivity contribution in [2.45, 2.75) is 46.1 Å². The number of para-hydroxylation sites is 1. The SMILES string of the molecule is Cc1nn(-c2ccccc2)c(Cl)c1C(=O)N1CCCC(CN(C)C(=O)OC(C)(C)C)C1. The number of aryl methyl sites for hydroxylation is 1. The lowest BCUT2D eigenvalue weighted by Crippen LogP contribution is -2.45. The molecule has 2 amide bonds. The summed E-state index contributed by atoms with van der Waals surface area (Å²) in [5.74, 6) is 0.0628. The molecule has 1 atom stereocenters. The van der Waals surface area contributed by atoms with Gasteiger partial charge in [0.2, 0.25) is 0 Å². The van der Waals surface area contributed by atoms with Gasteiger partial charge in [-0.05, 0) is 58.6 Å². The summed E-state index contributed by atoms with van der Waals surface area (Å²) in [4.78, 5) is 29.0. The van der Waals surface area contributed by atoms with E-state index in [9.17, 15) is 9.59 Å². The van der Waals surface area contributed by atoms with Gasteiger partial charge < -0.3 is 14.5 Å². The van der Waals surface area contributed by atoms with Crippen LogP contribution in [0.4, 0.5) is 4.79 Å². The number of aromatic nitrogens is 2. The second-order valence-corrected chi connectivity index (χ2v) is 9.48. The molecular weight excluding hydrogens is 416 g/mol. The second kappa shape index (κ2) is 9.30. The molecule has 2 heterocycles. The van der Waals surface area contributed by atoms with Crippen LogP contribution in [0.3, 0.4) is 0 Å². The van der Waals surface area contributed by atoms with Crippen molar-refractivity contribution in [1.82, 2.24) is 19.6 Å². The number of hydrogen-bond acceptors (Lipinski definition) is 4. The fourth-order valence-electron chi connectivity index (χ4n) is 3.84. The van der Waals surface area contributed by atoms with Crippen molar-refractivity contribution >= 4 is 23.6 Å². The predicted molar refractivity (Wildman–Crippen MR) is 121 cm³/mol. The highest BCUT2D eigenvalue weighted by Gasteiger charge is 2.31. The summed E-state index contributed by atoms with van der Waals surface area (Å²) in [6.07, 6.45) is 1.48. The van der Waals surface area contributed by atoms with Gasteiger partial charge in [0.1, 0.15) is 10.8 Å². The number of carbonyl (C=O) groups is 2. The van der Waals surface area contributed by atoms with E-state index in [0.29, 0.717) is 36.0 Å². The van der Waals surface area contributed by atoms with Crippen molar-refractivity contribution in [3.63, 3.8) is 0 Å². The number of rotatable bonds is 4. The molecular formula is C23H31ClN4O3. The number of hydrogen-bond donors (Lipinski definition) is 0. The minimum Gasteiger partial charge on any atom is -0.444 e. The zero-order valence-electron chi connectivity index (χ0n) is 18.9. The first-order valence-electron chi connectivity index (χ1n) is 10.6. The van der Waals surface area contributed by atoms with Crippen molar-refractivity contribution < 1.29 is 14.3 Å². The highest BCUT2D eigenvalue weighted by molar-refractivity contribution is 6.33. The van der Waals surface area contributed by atoms with Gasteiger partial charge in [0.25, 0.3) is 5.91 Å². The summed E-state index contributed by atoms with van der Waals surface area (Å²) in [5.41, 5.74) is 1.32. The lowest BCUT2D eigenvalue weighted by molar-refractivity contribution is 0.0244. The zero-order chi connectivity index (χ0) is 22.8. The highest BCUT2D eigenvalue weighted by Crippen LogP contribution is 2.27. The molecule has 1 fully saturated rings. The Labute approximate surface area is 188 Å². The van der Waals surface area contributed by atoms with Gasteiger partial charge in [0.05, 0.1) is 16.9 Å². The van der Waals surface area contributed by atoms with Crippen LogP contribution in [0.2, 0.25) is 5.15 Å². The number of amides is 2. The molecule has 0 spiro atoms. The van der Waals surface area contributed by atoms with Crippen LogP contribution in [0.1, 0.15) is 49.7 Å². The van der Waals surface area contributed by atoms with Crippen LogP contribution < -0.4 is 0 Å². The molecule has 0 bridgehead atoms. The number of benzene rings is 1. The van der Waals surface area contributed by atoms with Crippen LogP contribution in [0.5, 0.6) is 0 Å². The van der Waals surface area contributed by atoms with E-state index >= 15 is 0 Å². The van der Waals surface area contributed by atoms with E-state index in [-0.39, 0.29) is 17.9 Å². The molecule has 1 aromatic carbocycles. The van der Waals surface area contributed by atoms with Gasteiger partial charge >= 0.3 is 6.09 Å². The maximum Gasteiger partial charge on any atom is 0.410 e. The van der Waals surface area contributed by atoms with E-state index in [1.54, 1.807) is 23.6 Å². The van der Waals surface area contributed by atoms with Gasteiger partial charge in [0, 0.05) is 26.7 Å². The minimum absolute atomic E-state index is 0.116. The highest BCUT2D eigenvalue weighted by atomic mass is 35.5. The van der Waals surface area contributed by atoms with Crippen molar-refractivity contribution in [3.8, 4) is 5.69 Å². The summed E-state index contributed by atoms with van der Waals surface area (Å²) in [7, 11) is 1.74. The van der Waals surface area contributed by atoms with E-state index in [2.05, 4.69) is 5.10 Å². The topological polar surface area (TPSA) is 67.7 Å². The average molecular weight is 447 g/mol. The number of carbonyl (C=O) groups excluding carboxylic acids is 2. The number of likely N-dealkylation sites (tertiary alicyclic amines) is 1. The average Bonchev–Trinajstić information content (AvgIpc) is 3.01. The fourth-order valence-corrected chi connectivity index (χ4v) is 4.19. The van der Waals surface area contributed by atoms with Gasteiger partial charge in [-0.25, -0.2) is 9.48 Å². The predicted octanol–water partition coefficient (Wildman–Crippen LogP) is 4.55. The van der Waals surface area contributed by atoms with Crippen molar-refractivity contribution in [3.05, 3.63) is 46.7 Å². The first kappa shape index (κ1) is 23.1. The Bertz CT molecular complexity index is 936. The molecule has 0 saturated carbocycles. The third-order valence-electron chi connectivity index (χ3n) is 5.26. The number of ether oxygens (including phenoxy) is 1. The molecule has 168 valence electrons. The van der Waals surface area contributed by atoms with Crippen molar-refractivity contribution in [2.24, 2.45) is 5.92 Å². The Kier molecular flexibility index (Phi) is 6.94. The van der Waals surface area contributed by atoms with Gasteiger partial charge in [-0.3, -0.25) is 4.79 Å². The third-order valence-corrected chi connectivity index (χ3v) is 5.61. The Morgan fingerprint density at radius 2 is 1.94 bits per heavy atom. The fraction of sp³-hybridized carbons (Fsp3) is 0.522. The molecule has 1 aliphatic rings. The maximum atomic E-state index is 13.3. The first-order valence-corrected chi connectivity index (χ1v) is 11.0. The number of halogens is 1. The number of piperidine rings is 1. The maximum absolute atomic E-state index is 13.3. The normalized spacial score (nSPS) is 16.8. The van der Waals surface area contributed by atoms with E-state index in [1.165, 1.54) is 0 Å². The molecule has 2 aromatic rings. The van der Waals surface area contributed by atoms with Gasteiger partial charge in [-0.1, -0.05) is 29.8 Å². The summed E-state index contributed by atoms with van der Waals surface area (Å²) >= 11 is 6.59. The van der Waals surface area contributed by atoms with Crippen LogP contribution in [0, 0.1) is 12.8 Å². The Morgan fingerprint density at radius 3 is 2.58 bits per heavy atom. The summed E-state index contributed by atoms with van der Waals surface area (Å²) < 4.78 is 7.04. The lowest BCUT2D eigenvalue weighted by atomic mass is 9.97. The molecule has 1 unspecified atom stereocenters. The minimum atomic E-state index is -0.535. The number of nitrogens with zero attached hydrogens (tertiary/aromatic N) is 4. The smallest absolute Gasteiger partial charge is 0.410 e. The lowest BCUT2D eigenvalue weighted by Gasteiger charge is -2.35. The van der Waals surface area contributed by atoms with Crippen LogP contribution >= 0.6 is 11.6 Å². The third kappa shape index (κ3) is 5.58. The molecule has 1 aromatic heterocycles. The molecule has 1 aliphatic heterocycles. The van der Waals surface area contributed by atoms with Crippen LogP contribution in [0.25, 0.3) is 5.69 Å². The Morgan fingerprint density at radius 1 is 1.26 bits per heavy atom. The van der Waals surface area contributed by atoms with Crippen molar-refractivity contribution in [1.29, 1.82) is 0 Å². The first-order chi connectivity index (χ1) is 14.6. The Balaban J connectivity index is 1.70. The molecule has 0 radical (unpaired) electrons. The van der Waals surface area contributed by atoms with E-state index in [0.717, 1.165) is 18.5 Å². The molecule has 31 heavy (non-hydrogen) atoms. The van der Waals surface area contributed by atoms with Gasteiger partial charge in [0.15, 0.2) is 0 Å². The van der Waals surface area contributed by atoms with Gasteiger partial charge in [-0.15, -0.1) is 0 Å². The van der Waals surface area contributed by atoms with Gasteiger partial charge in [-0.2, -0.15) is 5.10 Å². The van der Waals surface area contributed by atoms with E-state index in [1.807, 2.05) is 56.0 Å². The second-order valence-electron chi connectivity index (χ2n) is 9.12. The van der Waals surface area contributed by atoms with Crippen molar-refractivity contribution in [2.75, 3.05) is 26.7 Å². The van der Waals surface area contributed by atoms with E-state index in [4.69, 9.17) is 16.3 Å². The molecule has 7 nitrogen and oxygen atoms in total. The van der Waals surface area contributed by atoms with E-state index < -0.39 is 5.60 Å². The molecule has 1 saturated heterocycles. The monoisotopic (exact) mass is 446 g/mol. The quantitative estimate of drug-likeness (QED) is 0.690. The Hall–Kier alpha value is -2.54. The molecule has 3 rings (SSSR count). The molecule has 0 aliphatic carbocycles.